The average Bonchev–Trinajstić information content (AvgIpc) is 2.81. The molecule has 0 bridgehead atoms. The summed E-state index contributed by atoms with van der Waals surface area (Å²) in [6.07, 6.45) is 0. The number of hydrogen-bond donors (Lipinski definition) is 1. The molecule has 2 rings (SSSR count). The maximum atomic E-state index is 11.8. The zero-order valence-electron chi connectivity index (χ0n) is 9.09. The van der Waals surface area contributed by atoms with Crippen LogP contribution in [0.25, 0.3) is 0 Å². The summed E-state index contributed by atoms with van der Waals surface area (Å²) >= 11 is 5.86. The van der Waals surface area contributed by atoms with Crippen LogP contribution >= 0.6 is 11.6 Å². The van der Waals surface area contributed by atoms with Crippen molar-refractivity contribution in [3.8, 4) is 0 Å². The molecule has 2 aromatic rings. The van der Waals surface area contributed by atoms with Crippen LogP contribution in [-0.2, 0) is 6.54 Å². The second kappa shape index (κ2) is 4.92. The number of nitrogens with zero attached hydrogens (tertiary/aromatic N) is 4. The minimum atomic E-state index is -0.293. The van der Waals surface area contributed by atoms with Gasteiger partial charge in [0.15, 0.2) is 0 Å². The molecule has 0 atom stereocenters. The van der Waals surface area contributed by atoms with Crippen molar-refractivity contribution in [2.24, 2.45) is 0 Å². The van der Waals surface area contributed by atoms with Crippen molar-refractivity contribution in [2.75, 3.05) is 7.05 Å². The molecule has 7 heteroatoms. The summed E-state index contributed by atoms with van der Waals surface area (Å²) in [5, 5.41) is 13.5. The van der Waals surface area contributed by atoms with Crippen molar-refractivity contribution in [1.82, 2.24) is 25.5 Å². The van der Waals surface area contributed by atoms with Gasteiger partial charge in [-0.05, 0) is 22.9 Å². The molecule has 0 spiro atoms. The molecule has 0 unspecified atom stereocenters. The van der Waals surface area contributed by atoms with Crippen molar-refractivity contribution >= 4 is 17.5 Å². The first-order chi connectivity index (χ1) is 8.16. The fourth-order valence-corrected chi connectivity index (χ4v) is 1.62. The second-order valence-electron chi connectivity index (χ2n) is 3.53. The predicted octanol–water partition coefficient (Wildman–Crippen LogP) is 1.13. The minimum absolute atomic E-state index is 0.0505. The number of carbonyl (C=O) groups is 1. The van der Waals surface area contributed by atoms with E-state index in [1.54, 1.807) is 13.1 Å². The summed E-state index contributed by atoms with van der Waals surface area (Å²) in [5.41, 5.74) is 0.942. The maximum absolute atomic E-state index is 11.8. The number of carbonyl (C=O) groups excluding carboxylic acids is 1. The van der Waals surface area contributed by atoms with Gasteiger partial charge in [-0.25, -0.2) is 0 Å². The zero-order chi connectivity index (χ0) is 12.3. The molecule has 0 radical (unpaired) electrons. The molecule has 1 heterocycles. The Hall–Kier alpha value is -1.95. The van der Waals surface area contributed by atoms with Crippen molar-refractivity contribution in [3.05, 3.63) is 40.7 Å². The number of rotatable bonds is 3. The first-order valence-corrected chi connectivity index (χ1v) is 5.28. The van der Waals surface area contributed by atoms with E-state index in [4.69, 9.17) is 11.6 Å². The van der Waals surface area contributed by atoms with Crippen molar-refractivity contribution in [1.29, 1.82) is 0 Å². The van der Waals surface area contributed by atoms with E-state index in [1.165, 1.54) is 4.90 Å². The molecule has 6 nitrogen and oxygen atoms in total. The molecule has 88 valence electrons. The van der Waals surface area contributed by atoms with Crippen LogP contribution in [0.3, 0.4) is 0 Å². The van der Waals surface area contributed by atoms with Crippen molar-refractivity contribution in [2.45, 2.75) is 6.54 Å². The maximum Gasteiger partial charge on any atom is 0.295 e. The summed E-state index contributed by atoms with van der Waals surface area (Å²) in [5.74, 6) is -0.242. The molecule has 17 heavy (non-hydrogen) atoms. The Balaban J connectivity index is 2.07. The Morgan fingerprint density at radius 3 is 3.00 bits per heavy atom. The van der Waals surface area contributed by atoms with E-state index in [-0.39, 0.29) is 11.7 Å². The van der Waals surface area contributed by atoms with Crippen LogP contribution in [0.2, 0.25) is 5.02 Å². The standard InChI is InChI=1S/C10H10ClN5O/c1-16(10(17)9-12-14-15-13-9)6-7-3-2-4-8(11)5-7/h2-5H,6H2,1H3,(H,12,13,14,15). The van der Waals surface area contributed by atoms with Gasteiger partial charge >= 0.3 is 0 Å². The summed E-state index contributed by atoms with van der Waals surface area (Å²) in [6.45, 7) is 0.438. The third-order valence-electron chi connectivity index (χ3n) is 2.19. The molecule has 0 aliphatic carbocycles. The highest BCUT2D eigenvalue weighted by molar-refractivity contribution is 6.30. The molecule has 1 amide bonds. The van der Waals surface area contributed by atoms with E-state index in [9.17, 15) is 4.79 Å². The quantitative estimate of drug-likeness (QED) is 0.887. The molecule has 0 saturated heterocycles. The van der Waals surface area contributed by atoms with Crippen LogP contribution in [0.15, 0.2) is 24.3 Å². The Morgan fingerprint density at radius 1 is 1.53 bits per heavy atom. The number of nitrogens with one attached hydrogen (secondary N) is 1. The Morgan fingerprint density at radius 2 is 2.35 bits per heavy atom. The molecular weight excluding hydrogens is 242 g/mol. The number of halogens is 1. The van der Waals surface area contributed by atoms with Gasteiger partial charge in [-0.1, -0.05) is 23.7 Å². The first kappa shape index (κ1) is 11.5. The van der Waals surface area contributed by atoms with E-state index in [0.29, 0.717) is 11.6 Å². The molecule has 1 N–H and O–H groups in total. The van der Waals surface area contributed by atoms with E-state index in [0.717, 1.165) is 5.56 Å². The third kappa shape index (κ3) is 2.79. The number of tetrazole rings is 1. The van der Waals surface area contributed by atoms with Crippen LogP contribution in [0.5, 0.6) is 0 Å². The topological polar surface area (TPSA) is 74.8 Å². The fourth-order valence-electron chi connectivity index (χ4n) is 1.40. The van der Waals surface area contributed by atoms with E-state index >= 15 is 0 Å². The molecule has 0 saturated carbocycles. The van der Waals surface area contributed by atoms with E-state index in [2.05, 4.69) is 20.6 Å². The zero-order valence-corrected chi connectivity index (χ0v) is 9.85. The van der Waals surface area contributed by atoms with Gasteiger partial charge in [-0.2, -0.15) is 5.21 Å². The summed E-state index contributed by atoms with van der Waals surface area (Å²) in [7, 11) is 1.67. The first-order valence-electron chi connectivity index (χ1n) is 4.90. The molecular formula is C10H10ClN5O. The summed E-state index contributed by atoms with van der Waals surface area (Å²) in [6, 6.07) is 7.32. The van der Waals surface area contributed by atoms with Gasteiger partial charge in [0, 0.05) is 18.6 Å². The highest BCUT2D eigenvalue weighted by Gasteiger charge is 2.16. The number of benzene rings is 1. The smallest absolute Gasteiger partial charge is 0.295 e. The monoisotopic (exact) mass is 251 g/mol. The molecule has 1 aromatic carbocycles. The number of hydrogen-bond acceptors (Lipinski definition) is 4. The molecule has 0 aliphatic heterocycles. The van der Waals surface area contributed by atoms with Crippen LogP contribution in [0.1, 0.15) is 16.2 Å². The predicted molar refractivity (Wildman–Crippen MR) is 61.4 cm³/mol. The molecule has 0 fully saturated rings. The van der Waals surface area contributed by atoms with E-state index in [1.807, 2.05) is 18.2 Å². The highest BCUT2D eigenvalue weighted by Crippen LogP contribution is 2.12. The molecule has 0 aliphatic rings. The number of aromatic nitrogens is 4. The van der Waals surface area contributed by atoms with Gasteiger partial charge in [0.1, 0.15) is 0 Å². The lowest BCUT2D eigenvalue weighted by atomic mass is 10.2. The van der Waals surface area contributed by atoms with Gasteiger partial charge < -0.3 is 4.90 Å². The lowest BCUT2D eigenvalue weighted by Gasteiger charge is -2.15. The van der Waals surface area contributed by atoms with Crippen LogP contribution < -0.4 is 0 Å². The van der Waals surface area contributed by atoms with Crippen LogP contribution in [0.4, 0.5) is 0 Å². The Labute approximate surface area is 103 Å². The van der Waals surface area contributed by atoms with Gasteiger partial charge in [-0.15, -0.1) is 10.2 Å². The SMILES string of the molecule is CN(Cc1cccc(Cl)c1)C(=O)c1nn[nH]n1. The normalized spacial score (nSPS) is 10.2. The van der Waals surface area contributed by atoms with Gasteiger partial charge in [-0.3, -0.25) is 4.79 Å². The number of amides is 1. The number of H-pyrrole nitrogens is 1. The van der Waals surface area contributed by atoms with Crippen molar-refractivity contribution < 1.29 is 4.79 Å². The fraction of sp³-hybridized carbons (Fsp3) is 0.200. The average molecular weight is 252 g/mol. The van der Waals surface area contributed by atoms with Crippen LogP contribution in [-0.4, -0.2) is 38.5 Å². The van der Waals surface area contributed by atoms with Gasteiger partial charge in [0.25, 0.3) is 11.7 Å². The van der Waals surface area contributed by atoms with Crippen LogP contribution in [0, 0.1) is 0 Å². The van der Waals surface area contributed by atoms with E-state index < -0.39 is 0 Å². The Kier molecular flexibility index (Phi) is 3.34. The summed E-state index contributed by atoms with van der Waals surface area (Å²) in [4.78, 5) is 13.3. The minimum Gasteiger partial charge on any atom is -0.335 e. The van der Waals surface area contributed by atoms with Crippen molar-refractivity contribution in [3.63, 3.8) is 0 Å². The van der Waals surface area contributed by atoms with Gasteiger partial charge in [0.2, 0.25) is 0 Å². The Bertz CT molecular complexity index is 513. The number of aromatic amines is 1. The lowest BCUT2D eigenvalue weighted by Crippen LogP contribution is -2.27. The summed E-state index contributed by atoms with van der Waals surface area (Å²) < 4.78 is 0. The second-order valence-corrected chi connectivity index (χ2v) is 3.96. The highest BCUT2D eigenvalue weighted by atomic mass is 35.5. The van der Waals surface area contributed by atoms with Gasteiger partial charge in [0.05, 0.1) is 0 Å². The molecule has 1 aromatic heterocycles. The lowest BCUT2D eigenvalue weighted by molar-refractivity contribution is 0.0773. The largest absolute Gasteiger partial charge is 0.335 e. The third-order valence-corrected chi connectivity index (χ3v) is 2.43.